The van der Waals surface area contributed by atoms with E-state index in [1.807, 2.05) is 18.2 Å². The van der Waals surface area contributed by atoms with Crippen LogP contribution in [0.3, 0.4) is 0 Å². The molecule has 0 saturated heterocycles. The number of unbranched alkanes of at least 4 members (excludes halogenated alkanes) is 11. The molecule has 6 heteroatoms. The summed E-state index contributed by atoms with van der Waals surface area (Å²) < 4.78 is 10.5. The summed E-state index contributed by atoms with van der Waals surface area (Å²) in [7, 11) is 0. The van der Waals surface area contributed by atoms with Gasteiger partial charge in [0.2, 0.25) is 0 Å². The lowest BCUT2D eigenvalue weighted by Crippen LogP contribution is -2.28. The molecule has 2 atom stereocenters. The molecule has 0 rings (SSSR count). The molecule has 0 radical (unpaired) electrons. The number of hydrogen-bond donors (Lipinski definition) is 2. The Morgan fingerprint density at radius 3 is 1.98 bits per heavy atom. The molecule has 0 aromatic rings. The lowest BCUT2D eigenvalue weighted by molar-refractivity contribution is -0.161. The van der Waals surface area contributed by atoms with E-state index in [4.69, 9.17) is 9.47 Å². The minimum Gasteiger partial charge on any atom is -0.462 e. The van der Waals surface area contributed by atoms with Crippen molar-refractivity contribution in [2.45, 2.75) is 149 Å². The molecule has 0 spiro atoms. The average molecular weight is 565 g/mol. The van der Waals surface area contributed by atoms with Crippen molar-refractivity contribution in [3.8, 4) is 0 Å². The van der Waals surface area contributed by atoms with Crippen LogP contribution in [0.15, 0.2) is 36.5 Å². The number of carbonyl (C=O) groups is 2. The van der Waals surface area contributed by atoms with Crippen LogP contribution in [0, 0.1) is 5.92 Å². The van der Waals surface area contributed by atoms with Gasteiger partial charge in [0.15, 0.2) is 6.10 Å². The summed E-state index contributed by atoms with van der Waals surface area (Å²) >= 11 is 0. The maximum absolute atomic E-state index is 12.1. The van der Waals surface area contributed by atoms with Gasteiger partial charge in [-0.3, -0.25) is 9.59 Å². The molecule has 0 amide bonds. The van der Waals surface area contributed by atoms with Gasteiger partial charge in [-0.05, 0) is 44.4 Å². The van der Waals surface area contributed by atoms with E-state index in [0.29, 0.717) is 19.3 Å². The first-order chi connectivity index (χ1) is 19.4. The van der Waals surface area contributed by atoms with Gasteiger partial charge in [-0.2, -0.15) is 0 Å². The molecular formula is C34H60O6. The number of esters is 2. The minimum absolute atomic E-state index is 0.0888. The zero-order valence-corrected chi connectivity index (χ0v) is 25.9. The van der Waals surface area contributed by atoms with E-state index < -0.39 is 12.2 Å². The Bertz CT molecular complexity index is 682. The second kappa shape index (κ2) is 28.6. The van der Waals surface area contributed by atoms with Gasteiger partial charge in [0.1, 0.15) is 6.61 Å². The highest BCUT2D eigenvalue weighted by atomic mass is 16.6. The van der Waals surface area contributed by atoms with Crippen LogP contribution in [0.25, 0.3) is 0 Å². The number of carbonyl (C=O) groups excluding carboxylic acids is 2. The van der Waals surface area contributed by atoms with E-state index in [1.54, 1.807) is 6.08 Å². The molecule has 0 aliphatic heterocycles. The molecule has 1 unspecified atom stereocenters. The maximum atomic E-state index is 12.1. The number of aliphatic hydroxyl groups is 2. The Labute approximate surface area is 245 Å². The Balaban J connectivity index is 3.70. The molecule has 0 aliphatic carbocycles. The summed E-state index contributed by atoms with van der Waals surface area (Å²) in [5.41, 5.74) is 0. The standard InChI is InChI=1S/C34H60O6/c1-4-5-18-24-31(36)25-20-15-11-7-6-8-12-17-22-27-34(38)40-32(28-35)29-39-33(37)26-21-16-13-9-10-14-19-23-30(2)3/h5,11,15,18,20,25,30-32,35-36H,4,6-10,12-14,16-17,19,21-24,26-29H2,1-3H3/b15-11+,18-5+,25-20+/t31?,32-/m0/s1. The maximum Gasteiger partial charge on any atom is 0.306 e. The normalized spacial score (nSPS) is 13.6. The van der Waals surface area contributed by atoms with E-state index in [-0.39, 0.29) is 25.2 Å². The fourth-order valence-corrected chi connectivity index (χ4v) is 4.24. The van der Waals surface area contributed by atoms with E-state index in [1.165, 1.54) is 32.1 Å². The Hall–Kier alpha value is -1.92. The summed E-state index contributed by atoms with van der Waals surface area (Å²) in [4.78, 5) is 24.0. The first kappa shape index (κ1) is 38.1. The Kier molecular flexibility index (Phi) is 27.2. The van der Waals surface area contributed by atoms with Gasteiger partial charge in [-0.15, -0.1) is 0 Å². The molecule has 0 aromatic heterocycles. The van der Waals surface area contributed by atoms with Crippen LogP contribution in [0.2, 0.25) is 0 Å². The lowest BCUT2D eigenvalue weighted by Gasteiger charge is -2.15. The lowest BCUT2D eigenvalue weighted by atomic mass is 10.0. The third kappa shape index (κ3) is 27.6. The van der Waals surface area contributed by atoms with Gasteiger partial charge in [-0.25, -0.2) is 0 Å². The van der Waals surface area contributed by atoms with Crippen molar-refractivity contribution in [3.63, 3.8) is 0 Å². The monoisotopic (exact) mass is 564 g/mol. The van der Waals surface area contributed by atoms with Gasteiger partial charge >= 0.3 is 11.9 Å². The first-order valence-corrected chi connectivity index (χ1v) is 16.0. The SMILES string of the molecule is CC/C=C/CC(O)/C=C/C=C/CCCCCCCC(=O)O[C@@H](CO)COC(=O)CCCCCCCCCC(C)C. The first-order valence-electron chi connectivity index (χ1n) is 16.0. The van der Waals surface area contributed by atoms with Crippen LogP contribution in [-0.4, -0.2) is 47.6 Å². The number of rotatable bonds is 27. The fraction of sp³-hybridized carbons (Fsp3) is 0.765. The van der Waals surface area contributed by atoms with Crippen LogP contribution in [-0.2, 0) is 19.1 Å². The largest absolute Gasteiger partial charge is 0.462 e. The van der Waals surface area contributed by atoms with Crippen molar-refractivity contribution < 1.29 is 29.3 Å². The number of ether oxygens (including phenoxy) is 2. The van der Waals surface area contributed by atoms with Crippen LogP contribution < -0.4 is 0 Å². The predicted molar refractivity (Wildman–Crippen MR) is 165 cm³/mol. The summed E-state index contributed by atoms with van der Waals surface area (Å²) in [5, 5.41) is 19.3. The van der Waals surface area contributed by atoms with Crippen molar-refractivity contribution in [3.05, 3.63) is 36.5 Å². The zero-order chi connectivity index (χ0) is 29.7. The van der Waals surface area contributed by atoms with Gasteiger partial charge in [-0.1, -0.05) is 121 Å². The summed E-state index contributed by atoms with van der Waals surface area (Å²) in [5.74, 6) is 0.133. The molecule has 2 N–H and O–H groups in total. The number of allylic oxidation sites excluding steroid dienone is 4. The molecule has 232 valence electrons. The molecule has 0 heterocycles. The highest BCUT2D eigenvalue weighted by Crippen LogP contribution is 2.13. The summed E-state index contributed by atoms with van der Waals surface area (Å²) in [6.45, 7) is 6.16. The second-order valence-electron chi connectivity index (χ2n) is 11.2. The Morgan fingerprint density at radius 2 is 1.35 bits per heavy atom. The average Bonchev–Trinajstić information content (AvgIpc) is 2.92. The van der Waals surface area contributed by atoms with Crippen molar-refractivity contribution in [1.29, 1.82) is 0 Å². The van der Waals surface area contributed by atoms with Crippen molar-refractivity contribution in [2.24, 2.45) is 5.92 Å². The van der Waals surface area contributed by atoms with E-state index in [9.17, 15) is 19.8 Å². The van der Waals surface area contributed by atoms with Crippen LogP contribution in [0.5, 0.6) is 0 Å². The predicted octanol–water partition coefficient (Wildman–Crippen LogP) is 8.16. The van der Waals surface area contributed by atoms with Crippen molar-refractivity contribution in [2.75, 3.05) is 13.2 Å². The van der Waals surface area contributed by atoms with Crippen LogP contribution in [0.4, 0.5) is 0 Å². The quantitative estimate of drug-likeness (QED) is 0.0452. The summed E-state index contributed by atoms with van der Waals surface area (Å²) in [6, 6.07) is 0. The molecule has 6 nitrogen and oxygen atoms in total. The van der Waals surface area contributed by atoms with Gasteiger partial charge in [0.25, 0.3) is 0 Å². The highest BCUT2D eigenvalue weighted by Gasteiger charge is 2.16. The van der Waals surface area contributed by atoms with E-state index in [0.717, 1.165) is 70.1 Å². The van der Waals surface area contributed by atoms with Gasteiger partial charge in [0, 0.05) is 12.8 Å². The van der Waals surface area contributed by atoms with Gasteiger partial charge in [0.05, 0.1) is 12.7 Å². The molecule has 0 aromatic carbocycles. The zero-order valence-electron chi connectivity index (χ0n) is 25.9. The molecular weight excluding hydrogens is 504 g/mol. The topological polar surface area (TPSA) is 93.1 Å². The summed E-state index contributed by atoms with van der Waals surface area (Å²) in [6.07, 6.45) is 28.2. The molecule has 0 aliphatic rings. The molecule has 0 bridgehead atoms. The number of aliphatic hydroxyl groups excluding tert-OH is 2. The van der Waals surface area contributed by atoms with E-state index in [2.05, 4.69) is 32.9 Å². The second-order valence-corrected chi connectivity index (χ2v) is 11.2. The molecule has 0 saturated carbocycles. The van der Waals surface area contributed by atoms with Crippen molar-refractivity contribution in [1.82, 2.24) is 0 Å². The fourth-order valence-electron chi connectivity index (χ4n) is 4.24. The minimum atomic E-state index is -0.794. The van der Waals surface area contributed by atoms with Crippen LogP contribution in [0.1, 0.15) is 136 Å². The third-order valence-electron chi connectivity index (χ3n) is 6.71. The van der Waals surface area contributed by atoms with Crippen LogP contribution >= 0.6 is 0 Å². The number of hydrogen-bond acceptors (Lipinski definition) is 6. The Morgan fingerprint density at radius 1 is 0.750 bits per heavy atom. The molecule has 0 fully saturated rings. The smallest absolute Gasteiger partial charge is 0.306 e. The highest BCUT2D eigenvalue weighted by molar-refractivity contribution is 5.70. The van der Waals surface area contributed by atoms with E-state index >= 15 is 0 Å². The third-order valence-corrected chi connectivity index (χ3v) is 6.71. The molecule has 40 heavy (non-hydrogen) atoms. The van der Waals surface area contributed by atoms with Gasteiger partial charge < -0.3 is 19.7 Å². The van der Waals surface area contributed by atoms with Crippen molar-refractivity contribution >= 4 is 11.9 Å².